The maximum absolute atomic E-state index is 13.4. The molecule has 0 saturated carbocycles. The number of aromatic nitrogens is 3. The van der Waals surface area contributed by atoms with E-state index in [1.807, 2.05) is 18.2 Å². The summed E-state index contributed by atoms with van der Waals surface area (Å²) in [7, 11) is 0. The van der Waals surface area contributed by atoms with Gasteiger partial charge in [-0.15, -0.1) is 0 Å². The average Bonchev–Trinajstić information content (AvgIpc) is 3.59. The fraction of sp³-hybridized carbons (Fsp3) is 0.360. The summed E-state index contributed by atoms with van der Waals surface area (Å²) in [5, 5.41) is 27.0. The second kappa shape index (κ2) is 13.9. The highest BCUT2D eigenvalue weighted by Gasteiger charge is 2.31. The van der Waals surface area contributed by atoms with Crippen molar-refractivity contribution in [1.29, 1.82) is 0 Å². The molecule has 3 aromatic rings. The highest BCUT2D eigenvalue weighted by Crippen LogP contribution is 2.19. The van der Waals surface area contributed by atoms with E-state index >= 15 is 0 Å². The lowest BCUT2D eigenvalue weighted by molar-refractivity contribution is -0.142. The lowest BCUT2D eigenvalue weighted by Crippen LogP contribution is -2.58. The van der Waals surface area contributed by atoms with Crippen LogP contribution < -0.4 is 27.4 Å². The number of carboxylic acid groups (broad SMARTS) is 1. The quantitative estimate of drug-likeness (QED) is 0.0982. The average molecular weight is 557 g/mol. The molecule has 4 atom stereocenters. The summed E-state index contributed by atoms with van der Waals surface area (Å²) in [5.74, 6) is -4.51. The number of nitrogens with two attached hydrogens (primary N) is 2. The Morgan fingerprint density at radius 3 is 2.25 bits per heavy atom. The molecule has 2 aromatic heterocycles. The fourth-order valence-electron chi connectivity index (χ4n) is 4.01. The highest BCUT2D eigenvalue weighted by atomic mass is 16.4. The Balaban J connectivity index is 1.86. The van der Waals surface area contributed by atoms with Crippen molar-refractivity contribution in [3.63, 3.8) is 0 Å². The van der Waals surface area contributed by atoms with Crippen LogP contribution in [0.5, 0.6) is 0 Å². The monoisotopic (exact) mass is 556 g/mol. The molecule has 0 saturated heterocycles. The molecule has 40 heavy (non-hydrogen) atoms. The number of benzene rings is 1. The minimum Gasteiger partial charge on any atom is -0.480 e. The predicted molar refractivity (Wildman–Crippen MR) is 141 cm³/mol. The zero-order valence-corrected chi connectivity index (χ0v) is 21.4. The number of imidazole rings is 1. The molecule has 0 spiro atoms. The topological polar surface area (TPSA) is 258 Å². The minimum atomic E-state index is -1.34. The fourth-order valence-corrected chi connectivity index (χ4v) is 4.01. The van der Waals surface area contributed by atoms with Crippen molar-refractivity contribution >= 4 is 40.5 Å². The molecule has 4 unspecified atom stereocenters. The minimum absolute atomic E-state index is 0.0371. The molecule has 0 aliphatic heterocycles. The number of hydrogen-bond acceptors (Lipinski definition) is 8. The summed E-state index contributed by atoms with van der Waals surface area (Å²) in [6.45, 7) is -0.686. The van der Waals surface area contributed by atoms with E-state index in [-0.39, 0.29) is 25.7 Å². The molecule has 11 N–H and O–H groups in total. The molecule has 0 aliphatic carbocycles. The van der Waals surface area contributed by atoms with Gasteiger partial charge in [-0.2, -0.15) is 0 Å². The van der Waals surface area contributed by atoms with Crippen molar-refractivity contribution in [2.75, 3.05) is 6.61 Å². The number of amides is 4. The maximum atomic E-state index is 13.4. The first kappa shape index (κ1) is 29.8. The van der Waals surface area contributed by atoms with Crippen molar-refractivity contribution in [3.8, 4) is 0 Å². The Bertz CT molecular complexity index is 1340. The number of fused-ring (bicyclic) bond motifs is 1. The predicted octanol–water partition coefficient (Wildman–Crippen LogP) is -2.20. The summed E-state index contributed by atoms with van der Waals surface area (Å²) in [6, 6.07) is 2.00. The van der Waals surface area contributed by atoms with E-state index in [0.29, 0.717) is 11.3 Å². The first-order valence-electron chi connectivity index (χ1n) is 12.4. The van der Waals surface area contributed by atoms with Gasteiger partial charge in [-0.3, -0.25) is 19.2 Å². The van der Waals surface area contributed by atoms with Crippen LogP contribution in [0, 0.1) is 0 Å². The number of aliphatic carboxylic acids is 1. The van der Waals surface area contributed by atoms with Crippen LogP contribution in [0.3, 0.4) is 0 Å². The summed E-state index contributed by atoms with van der Waals surface area (Å²) >= 11 is 0. The number of aliphatic hydroxyl groups excluding tert-OH is 1. The standard InChI is InChI=1S/C25H32N8O7/c26-16(11-34)22(36)31-18(5-6-21(27)35)23(37)32-19(7-13-9-29-17-4-2-1-3-15(13)17)24(38)33-20(25(39)40)8-14-10-28-12-30-14/h1-4,9-10,12,16,18-20,29,34H,5-8,11,26H2,(H2,27,35)(H,28,30)(H,31,36)(H,32,37)(H,33,38)(H,39,40). The SMILES string of the molecule is NC(=O)CCC(NC(=O)C(N)CO)C(=O)NC(Cc1c[nH]c2ccccc12)C(=O)NC(Cc1cnc[nH]1)C(=O)O. The Hall–Kier alpha value is -4.76. The summed E-state index contributed by atoms with van der Waals surface area (Å²) in [6.07, 6.45) is 3.87. The van der Waals surface area contributed by atoms with Crippen LogP contribution in [0.2, 0.25) is 0 Å². The third-order valence-electron chi connectivity index (χ3n) is 6.17. The molecule has 15 heteroatoms. The van der Waals surface area contributed by atoms with Crippen LogP contribution in [0.25, 0.3) is 10.9 Å². The molecule has 0 radical (unpaired) electrons. The van der Waals surface area contributed by atoms with Crippen molar-refractivity contribution in [2.45, 2.75) is 49.9 Å². The summed E-state index contributed by atoms with van der Waals surface area (Å²) in [5.41, 5.74) is 12.7. The van der Waals surface area contributed by atoms with Crippen molar-refractivity contribution in [1.82, 2.24) is 30.9 Å². The molecule has 2 heterocycles. The van der Waals surface area contributed by atoms with Gasteiger partial charge in [-0.25, -0.2) is 9.78 Å². The molecular weight excluding hydrogens is 524 g/mol. The maximum Gasteiger partial charge on any atom is 0.326 e. The van der Waals surface area contributed by atoms with Crippen LogP contribution in [-0.2, 0) is 36.8 Å². The number of rotatable bonds is 15. The molecule has 0 aliphatic rings. The number of carbonyl (C=O) groups is 5. The number of primary amides is 1. The lowest BCUT2D eigenvalue weighted by atomic mass is 10.0. The third kappa shape index (κ3) is 8.12. The number of para-hydroxylation sites is 1. The first-order valence-corrected chi connectivity index (χ1v) is 12.4. The molecule has 1 aromatic carbocycles. The summed E-state index contributed by atoms with van der Waals surface area (Å²) < 4.78 is 0. The number of aromatic amines is 2. The number of hydrogen-bond donors (Lipinski definition) is 9. The van der Waals surface area contributed by atoms with Gasteiger partial charge >= 0.3 is 5.97 Å². The highest BCUT2D eigenvalue weighted by molar-refractivity contribution is 5.95. The normalized spacial score (nSPS) is 14.1. The van der Waals surface area contributed by atoms with Gasteiger partial charge in [0.2, 0.25) is 23.6 Å². The Labute approximate surface area is 228 Å². The number of nitrogens with zero attached hydrogens (tertiary/aromatic N) is 1. The van der Waals surface area contributed by atoms with Gasteiger partial charge in [0.05, 0.1) is 12.9 Å². The van der Waals surface area contributed by atoms with Gasteiger partial charge in [0.1, 0.15) is 24.2 Å². The molecule has 4 amide bonds. The number of nitrogens with one attached hydrogen (secondary N) is 5. The van der Waals surface area contributed by atoms with Crippen LogP contribution >= 0.6 is 0 Å². The van der Waals surface area contributed by atoms with Crippen molar-refractivity contribution in [3.05, 3.63) is 54.2 Å². The van der Waals surface area contributed by atoms with Gasteiger partial charge in [-0.1, -0.05) is 18.2 Å². The van der Waals surface area contributed by atoms with Crippen LogP contribution in [0.15, 0.2) is 43.0 Å². The first-order chi connectivity index (χ1) is 19.1. The number of aliphatic hydroxyl groups is 1. The van der Waals surface area contributed by atoms with E-state index < -0.39 is 60.4 Å². The van der Waals surface area contributed by atoms with E-state index in [2.05, 4.69) is 30.9 Å². The van der Waals surface area contributed by atoms with Gasteiger partial charge < -0.3 is 47.6 Å². The second-order valence-corrected chi connectivity index (χ2v) is 9.16. The van der Waals surface area contributed by atoms with Gasteiger partial charge in [0, 0.05) is 48.3 Å². The Kier molecular flexibility index (Phi) is 10.3. The molecule has 214 valence electrons. The van der Waals surface area contributed by atoms with Crippen LogP contribution in [-0.4, -0.2) is 85.5 Å². The van der Waals surface area contributed by atoms with Gasteiger partial charge in [-0.05, 0) is 18.1 Å². The van der Waals surface area contributed by atoms with Gasteiger partial charge in [0.15, 0.2) is 0 Å². The number of H-pyrrole nitrogens is 2. The molecular formula is C25H32N8O7. The van der Waals surface area contributed by atoms with Crippen LogP contribution in [0.1, 0.15) is 24.1 Å². The molecule has 15 nitrogen and oxygen atoms in total. The lowest BCUT2D eigenvalue weighted by Gasteiger charge is -2.25. The van der Waals surface area contributed by atoms with E-state index in [0.717, 1.165) is 10.9 Å². The third-order valence-corrected chi connectivity index (χ3v) is 6.17. The van der Waals surface area contributed by atoms with Gasteiger partial charge in [0.25, 0.3) is 0 Å². The Morgan fingerprint density at radius 2 is 1.60 bits per heavy atom. The largest absolute Gasteiger partial charge is 0.480 e. The Morgan fingerprint density at radius 1 is 0.925 bits per heavy atom. The number of carbonyl (C=O) groups excluding carboxylic acids is 4. The van der Waals surface area contributed by atoms with Crippen molar-refractivity contribution in [2.24, 2.45) is 11.5 Å². The van der Waals surface area contributed by atoms with Crippen LogP contribution in [0.4, 0.5) is 0 Å². The zero-order valence-electron chi connectivity index (χ0n) is 21.4. The van der Waals surface area contributed by atoms with E-state index in [9.17, 15) is 34.2 Å². The zero-order chi connectivity index (χ0) is 29.2. The molecule has 0 bridgehead atoms. The van der Waals surface area contributed by atoms with Crippen molar-refractivity contribution < 1.29 is 34.2 Å². The smallest absolute Gasteiger partial charge is 0.326 e. The molecule has 3 rings (SSSR count). The molecule has 0 fully saturated rings. The second-order valence-electron chi connectivity index (χ2n) is 9.16. The number of carboxylic acids is 1. The van der Waals surface area contributed by atoms with E-state index in [1.165, 1.54) is 12.5 Å². The van der Waals surface area contributed by atoms with E-state index in [1.54, 1.807) is 12.3 Å². The summed E-state index contributed by atoms with van der Waals surface area (Å²) in [4.78, 5) is 71.9. The van der Waals surface area contributed by atoms with E-state index in [4.69, 9.17) is 11.5 Å².